The summed E-state index contributed by atoms with van der Waals surface area (Å²) < 4.78 is 45.5. The molecule has 12 nitrogen and oxygen atoms in total. The zero-order valence-corrected chi connectivity index (χ0v) is 22.1. The molecule has 1 saturated carbocycles. The smallest absolute Gasteiger partial charge is 0.337 e. The summed E-state index contributed by atoms with van der Waals surface area (Å²) >= 11 is 0. The molecule has 2 aliphatic carbocycles. The molecule has 204 valence electrons. The summed E-state index contributed by atoms with van der Waals surface area (Å²) in [5, 5.41) is 5.81. The maximum Gasteiger partial charge on any atom is 0.337 e. The highest BCUT2D eigenvalue weighted by Crippen LogP contribution is 2.43. The quantitative estimate of drug-likeness (QED) is 0.139. The van der Waals surface area contributed by atoms with Gasteiger partial charge in [0.05, 0.1) is 16.8 Å². The van der Waals surface area contributed by atoms with E-state index in [0.717, 1.165) is 6.07 Å². The Kier molecular flexibility index (Phi) is 7.52. The van der Waals surface area contributed by atoms with Gasteiger partial charge in [-0.15, -0.1) is 0 Å². The molecule has 14 heteroatoms. The van der Waals surface area contributed by atoms with Crippen LogP contribution in [-0.2, 0) is 19.5 Å². The predicted molar refractivity (Wildman–Crippen MR) is 138 cm³/mol. The largest absolute Gasteiger partial charge is 0.397 e. The summed E-state index contributed by atoms with van der Waals surface area (Å²) in [5.74, 6) is -1.87. The van der Waals surface area contributed by atoms with Gasteiger partial charge in [0.15, 0.2) is 11.6 Å². The summed E-state index contributed by atoms with van der Waals surface area (Å²) in [4.78, 5) is 57.1. The highest BCUT2D eigenvalue weighted by molar-refractivity contribution is 7.86. The molecule has 0 heterocycles. The van der Waals surface area contributed by atoms with Crippen LogP contribution < -0.4 is 16.4 Å². The van der Waals surface area contributed by atoms with E-state index in [2.05, 4.69) is 10.6 Å². The molecule has 0 spiro atoms. The Morgan fingerprint density at radius 2 is 1.58 bits per heavy atom. The molecule has 0 saturated heterocycles. The van der Waals surface area contributed by atoms with Gasteiger partial charge in [0, 0.05) is 28.9 Å². The monoisotopic (exact) mass is 565 g/mol. The molecule has 2 aromatic rings. The standard InChI is InChI=1S/C24H28N3O9PS/c1-2-17(37(31,32)33)24(30)27-13-9-7-12(8-10-13)26-16-11-18(38(34,35)36)21(25)20-19(16)22(28)14-5-3-4-6-15(14)23(20)29/h3-6,11-13,17,26H,2,7-10,25H2,1H3,(H,27,30)(H2,31,32,33)(H,34,35,36). The van der Waals surface area contributed by atoms with Crippen LogP contribution in [0.2, 0.25) is 0 Å². The molecule has 4 rings (SSSR count). The van der Waals surface area contributed by atoms with E-state index >= 15 is 0 Å². The van der Waals surface area contributed by atoms with Gasteiger partial charge < -0.3 is 26.2 Å². The number of amides is 1. The molecule has 0 aliphatic heterocycles. The molecule has 1 amide bonds. The first-order valence-electron chi connectivity index (χ1n) is 12.0. The maximum absolute atomic E-state index is 13.4. The van der Waals surface area contributed by atoms with Gasteiger partial charge in [-0.05, 0) is 38.2 Å². The van der Waals surface area contributed by atoms with Gasteiger partial charge in [-0.25, -0.2) is 0 Å². The molecule has 7 N–H and O–H groups in total. The first-order valence-corrected chi connectivity index (χ1v) is 15.1. The van der Waals surface area contributed by atoms with Crippen molar-refractivity contribution in [1.29, 1.82) is 0 Å². The number of hydrogen-bond donors (Lipinski definition) is 6. The molecule has 0 aromatic heterocycles. The summed E-state index contributed by atoms with van der Waals surface area (Å²) in [6.07, 6.45) is 1.78. The third kappa shape index (κ3) is 5.25. The normalized spacial score (nSPS) is 20.3. The number of fused-ring (bicyclic) bond motifs is 2. The van der Waals surface area contributed by atoms with Gasteiger partial charge in [-0.3, -0.25) is 23.5 Å². The van der Waals surface area contributed by atoms with Crippen molar-refractivity contribution in [1.82, 2.24) is 5.32 Å². The lowest BCUT2D eigenvalue weighted by Gasteiger charge is -2.32. The molecule has 38 heavy (non-hydrogen) atoms. The fourth-order valence-electron chi connectivity index (χ4n) is 5.10. The Hall–Kier alpha value is -3.09. The Bertz CT molecular complexity index is 1480. The molecular weight excluding hydrogens is 537 g/mol. The highest BCUT2D eigenvalue weighted by Gasteiger charge is 2.38. The molecule has 1 fully saturated rings. The van der Waals surface area contributed by atoms with Gasteiger partial charge in [-0.1, -0.05) is 31.2 Å². The average molecular weight is 566 g/mol. The number of nitrogens with one attached hydrogen (secondary N) is 2. The molecule has 1 atom stereocenters. The number of ketones is 2. The minimum absolute atomic E-state index is 0.0127. The molecule has 2 aromatic carbocycles. The number of nitrogens with two attached hydrogens (primary N) is 1. The van der Waals surface area contributed by atoms with Crippen LogP contribution >= 0.6 is 7.60 Å². The zero-order chi connectivity index (χ0) is 28.0. The van der Waals surface area contributed by atoms with E-state index in [1.165, 1.54) is 19.1 Å². The minimum Gasteiger partial charge on any atom is -0.397 e. The molecule has 2 aliphatic rings. The molecule has 1 unspecified atom stereocenters. The van der Waals surface area contributed by atoms with Crippen LogP contribution in [0.5, 0.6) is 0 Å². The van der Waals surface area contributed by atoms with Gasteiger partial charge in [-0.2, -0.15) is 8.42 Å². The van der Waals surface area contributed by atoms with E-state index in [0.29, 0.717) is 25.7 Å². The van der Waals surface area contributed by atoms with E-state index in [9.17, 15) is 41.7 Å². The molecular formula is C24H28N3O9PS. The van der Waals surface area contributed by atoms with Gasteiger partial charge >= 0.3 is 7.60 Å². The summed E-state index contributed by atoms with van der Waals surface area (Å²) in [5.41, 5.74) is 3.94. The number of benzene rings is 2. The predicted octanol–water partition coefficient (Wildman–Crippen LogP) is 2.09. The lowest BCUT2D eigenvalue weighted by Crippen LogP contribution is -2.44. The highest BCUT2D eigenvalue weighted by atomic mass is 32.2. The van der Waals surface area contributed by atoms with Crippen molar-refractivity contribution >= 4 is 46.6 Å². The fraction of sp³-hybridized carbons (Fsp3) is 0.375. The Labute approximate surface area is 218 Å². The van der Waals surface area contributed by atoms with Crippen LogP contribution in [0.4, 0.5) is 11.4 Å². The number of hydrogen-bond acceptors (Lipinski definition) is 8. The number of nitrogen functional groups attached to an aromatic ring is 1. The first-order chi connectivity index (χ1) is 17.7. The van der Waals surface area contributed by atoms with Crippen molar-refractivity contribution < 1.29 is 41.7 Å². The second-order valence-corrected chi connectivity index (χ2v) is 12.7. The van der Waals surface area contributed by atoms with E-state index in [-0.39, 0.29) is 46.4 Å². The van der Waals surface area contributed by atoms with Crippen LogP contribution in [0.1, 0.15) is 70.9 Å². The second-order valence-electron chi connectivity index (χ2n) is 9.48. The summed E-state index contributed by atoms with van der Waals surface area (Å²) in [7, 11) is -9.42. The van der Waals surface area contributed by atoms with Gasteiger partial charge in [0.2, 0.25) is 5.91 Å². The number of anilines is 2. The zero-order valence-electron chi connectivity index (χ0n) is 20.4. The van der Waals surface area contributed by atoms with E-state index in [4.69, 9.17) is 5.73 Å². The number of carbonyl (C=O) groups is 3. The third-order valence-corrected chi connectivity index (χ3v) is 9.31. The van der Waals surface area contributed by atoms with Crippen molar-refractivity contribution in [3.63, 3.8) is 0 Å². The lowest BCUT2D eigenvalue weighted by molar-refractivity contribution is -0.122. The second kappa shape index (κ2) is 10.2. The van der Waals surface area contributed by atoms with Crippen LogP contribution in [0.25, 0.3) is 0 Å². The SMILES string of the molecule is CCC(C(=O)NC1CCC(Nc2cc(S(=O)(=O)O)c(N)c3c2C(=O)c2ccccc2C3=O)CC1)P(=O)(O)O. The summed E-state index contributed by atoms with van der Waals surface area (Å²) in [6, 6.07) is 6.52. The van der Waals surface area contributed by atoms with Gasteiger partial charge in [0.1, 0.15) is 10.6 Å². The van der Waals surface area contributed by atoms with Crippen LogP contribution in [0, 0.1) is 0 Å². The van der Waals surface area contributed by atoms with E-state index in [1.54, 1.807) is 12.1 Å². The Morgan fingerprint density at radius 1 is 1.05 bits per heavy atom. The van der Waals surface area contributed by atoms with Crippen molar-refractivity contribution in [3.05, 3.63) is 52.6 Å². The van der Waals surface area contributed by atoms with Gasteiger partial charge in [0.25, 0.3) is 10.1 Å². The Balaban J connectivity index is 1.60. The van der Waals surface area contributed by atoms with E-state index in [1.807, 2.05) is 0 Å². The van der Waals surface area contributed by atoms with Crippen molar-refractivity contribution in [3.8, 4) is 0 Å². The lowest BCUT2D eigenvalue weighted by atomic mass is 9.82. The molecule has 0 bridgehead atoms. The van der Waals surface area contributed by atoms with Crippen LogP contribution in [0.15, 0.2) is 35.2 Å². The minimum atomic E-state index is -4.83. The summed E-state index contributed by atoms with van der Waals surface area (Å²) in [6.45, 7) is 1.52. The first kappa shape index (κ1) is 27.9. The van der Waals surface area contributed by atoms with Crippen LogP contribution in [0.3, 0.4) is 0 Å². The fourth-order valence-corrected chi connectivity index (χ4v) is 6.60. The van der Waals surface area contributed by atoms with Crippen molar-refractivity contribution in [2.75, 3.05) is 11.1 Å². The third-order valence-electron chi connectivity index (χ3n) is 7.01. The Morgan fingerprint density at radius 3 is 2.08 bits per heavy atom. The van der Waals surface area contributed by atoms with Crippen LogP contribution in [-0.4, -0.2) is 58.0 Å². The van der Waals surface area contributed by atoms with Crippen molar-refractivity contribution in [2.45, 2.75) is 61.7 Å². The topological polar surface area (TPSA) is 213 Å². The number of carbonyl (C=O) groups excluding carboxylic acids is 3. The average Bonchev–Trinajstić information content (AvgIpc) is 2.83. The molecule has 0 radical (unpaired) electrons. The van der Waals surface area contributed by atoms with Crippen molar-refractivity contribution in [2.24, 2.45) is 0 Å². The van der Waals surface area contributed by atoms with E-state index < -0.39 is 51.4 Å². The number of rotatable bonds is 7. The maximum atomic E-state index is 13.4.